The van der Waals surface area contributed by atoms with Gasteiger partial charge in [0.2, 0.25) is 0 Å². The number of methoxy groups -OCH3 is 2. The minimum atomic E-state index is -2.56. The molecule has 1 aliphatic heterocycles. The van der Waals surface area contributed by atoms with Crippen molar-refractivity contribution >= 4 is 33.8 Å². The van der Waals surface area contributed by atoms with Gasteiger partial charge in [-0.1, -0.05) is 75.4 Å². The standard InChI is InChI=1S/C47H64N7O7PSi/c1-32(2)54(33(3)4)62(58-28-16-27-48)60-41-39(59-45(42(41)61-63(11,12)46(5,6)7)53-31-52-40-43(49-8)50-30-51-44(40)53)29-57-47(34-17-14-13-15-18-34,35-19-23-37(55-9)24-20-35)36-21-25-38(56-10)26-22-36/h13-15,17-26,30-33,39,41-42,45H,16,28-29H2,1-12H3,(H,49,50,51)/t39-,41-,42-,45-,62?/m1/s1. The zero-order valence-electron chi connectivity index (χ0n) is 38.7. The van der Waals surface area contributed by atoms with Crippen LogP contribution in [0.15, 0.2) is 91.5 Å². The van der Waals surface area contributed by atoms with Crippen LogP contribution < -0.4 is 14.8 Å². The molecule has 1 N–H and O–H groups in total. The minimum Gasteiger partial charge on any atom is -0.497 e. The summed E-state index contributed by atoms with van der Waals surface area (Å²) in [6, 6.07) is 28.4. The lowest BCUT2D eigenvalue weighted by molar-refractivity contribution is -0.0926. The van der Waals surface area contributed by atoms with Gasteiger partial charge in [0.15, 0.2) is 26.0 Å². The molecule has 338 valence electrons. The van der Waals surface area contributed by atoms with Gasteiger partial charge in [0.25, 0.3) is 8.53 Å². The van der Waals surface area contributed by atoms with Gasteiger partial charge >= 0.3 is 0 Å². The Balaban J connectivity index is 1.56. The highest BCUT2D eigenvalue weighted by atomic mass is 31.2. The third kappa shape index (κ3) is 10.2. The molecule has 5 aromatic rings. The monoisotopic (exact) mass is 897 g/mol. The number of rotatable bonds is 20. The Kier molecular flexibility index (Phi) is 15.7. The molecule has 0 saturated carbocycles. The summed E-state index contributed by atoms with van der Waals surface area (Å²) in [7, 11) is 0.801. The number of imidazole rings is 1. The zero-order valence-corrected chi connectivity index (χ0v) is 40.6. The molecule has 0 spiro atoms. The Morgan fingerprint density at radius 3 is 1.97 bits per heavy atom. The number of aromatic nitrogens is 4. The number of hydrogen-bond donors (Lipinski definition) is 1. The highest BCUT2D eigenvalue weighted by Gasteiger charge is 2.54. The van der Waals surface area contributed by atoms with E-state index in [0.717, 1.165) is 28.2 Å². The van der Waals surface area contributed by atoms with Crippen LogP contribution in [0.2, 0.25) is 18.1 Å². The van der Waals surface area contributed by atoms with Crippen LogP contribution in [-0.2, 0) is 28.5 Å². The summed E-state index contributed by atoms with van der Waals surface area (Å²) in [5.74, 6) is 2.04. The van der Waals surface area contributed by atoms with Crippen molar-refractivity contribution in [3.05, 3.63) is 108 Å². The van der Waals surface area contributed by atoms with Crippen LogP contribution in [-0.4, -0.2) is 97.4 Å². The SMILES string of the molecule is CNc1ncnc2c1ncn2[C@@H]1O[C@H](COC(c2ccccc2)(c2ccc(OC)cc2)c2ccc(OC)cc2)[C@@H](OP(OCCC#N)N(C(C)C)C(C)C)[C@H]1O[Si](C)(C)C(C)(C)C. The van der Waals surface area contributed by atoms with E-state index in [1.807, 2.05) is 78.3 Å². The molecule has 0 aliphatic carbocycles. The molecular formula is C47H64N7O7PSi. The molecule has 0 radical (unpaired) electrons. The van der Waals surface area contributed by atoms with Gasteiger partial charge in [0.05, 0.1) is 46.3 Å². The first kappa shape index (κ1) is 48.0. The van der Waals surface area contributed by atoms with E-state index in [0.29, 0.717) is 17.0 Å². The van der Waals surface area contributed by atoms with Crippen molar-refractivity contribution in [2.75, 3.05) is 39.8 Å². The molecule has 1 saturated heterocycles. The van der Waals surface area contributed by atoms with E-state index in [9.17, 15) is 5.26 Å². The van der Waals surface area contributed by atoms with Crippen molar-refractivity contribution in [3.8, 4) is 17.6 Å². The zero-order chi connectivity index (χ0) is 45.5. The second-order valence-corrected chi connectivity index (χ2v) is 23.8. The van der Waals surface area contributed by atoms with Crippen molar-refractivity contribution < 1.29 is 32.4 Å². The highest BCUT2D eigenvalue weighted by molar-refractivity contribution is 7.44. The molecule has 6 rings (SSSR count). The minimum absolute atomic E-state index is 0.0518. The number of anilines is 1. The summed E-state index contributed by atoms with van der Waals surface area (Å²) >= 11 is 0. The number of nitriles is 1. The quantitative estimate of drug-likeness (QED) is 0.0343. The molecule has 3 heterocycles. The number of fused-ring (bicyclic) bond motifs is 1. The van der Waals surface area contributed by atoms with Crippen molar-refractivity contribution in [3.63, 3.8) is 0 Å². The van der Waals surface area contributed by atoms with E-state index < -0.39 is 47.0 Å². The van der Waals surface area contributed by atoms with Crippen molar-refractivity contribution in [2.45, 2.75) is 115 Å². The van der Waals surface area contributed by atoms with Gasteiger partial charge in [-0.2, -0.15) is 5.26 Å². The second-order valence-electron chi connectivity index (χ2n) is 17.6. The van der Waals surface area contributed by atoms with Crippen LogP contribution >= 0.6 is 8.53 Å². The van der Waals surface area contributed by atoms with Crippen LogP contribution in [0.1, 0.15) is 77.8 Å². The summed E-state index contributed by atoms with van der Waals surface area (Å²) in [6.45, 7) is 19.9. The average molecular weight is 898 g/mol. The summed E-state index contributed by atoms with van der Waals surface area (Å²) in [4.78, 5) is 13.9. The molecular weight excluding hydrogens is 834 g/mol. The first-order chi connectivity index (χ1) is 30.1. The fourth-order valence-electron chi connectivity index (χ4n) is 7.74. The number of benzene rings is 3. The predicted octanol–water partition coefficient (Wildman–Crippen LogP) is 9.84. The molecule has 14 nitrogen and oxygen atoms in total. The Labute approximate surface area is 375 Å². The van der Waals surface area contributed by atoms with Crippen LogP contribution in [0.5, 0.6) is 11.5 Å². The molecule has 16 heteroatoms. The normalized spacial score (nSPS) is 18.9. The molecule has 2 aromatic heterocycles. The molecule has 5 atom stereocenters. The number of nitrogens with one attached hydrogen (secondary N) is 1. The van der Waals surface area contributed by atoms with Crippen molar-refractivity contribution in [2.24, 2.45) is 0 Å². The van der Waals surface area contributed by atoms with Gasteiger partial charge in [-0.15, -0.1) is 0 Å². The maximum atomic E-state index is 9.59. The molecule has 1 fully saturated rings. The first-order valence-electron chi connectivity index (χ1n) is 21.5. The smallest absolute Gasteiger partial charge is 0.259 e. The third-order valence-electron chi connectivity index (χ3n) is 11.9. The molecule has 1 unspecified atom stereocenters. The number of nitrogens with zero attached hydrogens (tertiary/aromatic N) is 6. The highest BCUT2D eigenvalue weighted by Crippen LogP contribution is 2.53. The summed E-state index contributed by atoms with van der Waals surface area (Å²) in [5.41, 5.74) is 2.70. The van der Waals surface area contributed by atoms with E-state index in [1.54, 1.807) is 20.5 Å². The predicted molar refractivity (Wildman–Crippen MR) is 249 cm³/mol. The van der Waals surface area contributed by atoms with E-state index in [2.05, 4.69) is 94.7 Å². The molecule has 0 bridgehead atoms. The van der Waals surface area contributed by atoms with E-state index >= 15 is 0 Å². The molecule has 1 aliphatic rings. The lowest BCUT2D eigenvalue weighted by Crippen LogP contribution is -2.50. The molecule has 3 aromatic carbocycles. The second kappa shape index (κ2) is 20.6. The van der Waals surface area contributed by atoms with E-state index in [1.165, 1.54) is 6.33 Å². The van der Waals surface area contributed by atoms with Crippen LogP contribution in [0.25, 0.3) is 11.2 Å². The fourth-order valence-corrected chi connectivity index (χ4v) is 10.8. The van der Waals surface area contributed by atoms with Crippen LogP contribution in [0.4, 0.5) is 5.82 Å². The maximum Gasteiger partial charge on any atom is 0.259 e. The Morgan fingerprint density at radius 1 is 0.857 bits per heavy atom. The Hall–Kier alpha value is -4.49. The van der Waals surface area contributed by atoms with Gasteiger partial charge in [-0.05, 0) is 86.8 Å². The van der Waals surface area contributed by atoms with Crippen LogP contribution in [0.3, 0.4) is 0 Å². The van der Waals surface area contributed by atoms with E-state index in [-0.39, 0.29) is 36.8 Å². The number of ether oxygens (including phenoxy) is 4. The molecule has 0 amide bonds. The van der Waals surface area contributed by atoms with Gasteiger partial charge in [-0.3, -0.25) is 4.57 Å². The largest absolute Gasteiger partial charge is 0.497 e. The topological polar surface area (TPSA) is 147 Å². The van der Waals surface area contributed by atoms with Crippen molar-refractivity contribution in [1.82, 2.24) is 24.2 Å². The third-order valence-corrected chi connectivity index (χ3v) is 18.5. The van der Waals surface area contributed by atoms with Gasteiger partial charge in [-0.25, -0.2) is 19.6 Å². The van der Waals surface area contributed by atoms with Gasteiger partial charge in [0, 0.05) is 19.1 Å². The Bertz CT molecular complexity index is 2210. The first-order valence-corrected chi connectivity index (χ1v) is 25.6. The van der Waals surface area contributed by atoms with Gasteiger partial charge < -0.3 is 37.7 Å². The molecule has 63 heavy (non-hydrogen) atoms. The van der Waals surface area contributed by atoms with E-state index in [4.69, 9.17) is 42.4 Å². The van der Waals surface area contributed by atoms with Crippen LogP contribution in [0, 0.1) is 11.3 Å². The average Bonchev–Trinajstić information content (AvgIpc) is 3.84. The fraction of sp³-hybridized carbons (Fsp3) is 0.489. The lowest BCUT2D eigenvalue weighted by Gasteiger charge is -2.42. The number of hydrogen-bond acceptors (Lipinski definition) is 13. The van der Waals surface area contributed by atoms with Gasteiger partial charge in [0.1, 0.15) is 47.3 Å². The van der Waals surface area contributed by atoms with Crippen molar-refractivity contribution in [1.29, 1.82) is 5.26 Å². The Morgan fingerprint density at radius 2 is 1.44 bits per heavy atom. The lowest BCUT2D eigenvalue weighted by atomic mass is 9.80. The summed E-state index contributed by atoms with van der Waals surface area (Å²) in [5, 5.41) is 12.6. The maximum absolute atomic E-state index is 9.59. The summed E-state index contributed by atoms with van der Waals surface area (Å²) in [6.07, 6.45) is 0.574. The summed E-state index contributed by atoms with van der Waals surface area (Å²) < 4.78 is 51.7.